The summed E-state index contributed by atoms with van der Waals surface area (Å²) in [5.74, 6) is -6.19. The summed E-state index contributed by atoms with van der Waals surface area (Å²) >= 11 is 0. The Morgan fingerprint density at radius 3 is 2.34 bits per heavy atom. The van der Waals surface area contributed by atoms with Gasteiger partial charge in [-0.3, -0.25) is 33.8 Å². The highest BCUT2D eigenvalue weighted by atomic mass is 16.4. The molecule has 4 rings (SSSR count). The van der Waals surface area contributed by atoms with Gasteiger partial charge in [-0.15, -0.1) is 0 Å². The average molecular weight is 692 g/mol. The number of benzene rings is 1. The molecule has 15 nitrogen and oxygen atoms in total. The lowest BCUT2D eigenvalue weighted by Crippen LogP contribution is -2.59. The van der Waals surface area contributed by atoms with Crippen molar-refractivity contribution in [3.05, 3.63) is 60.2 Å². The number of hydrogen-bond donors (Lipinski definition) is 5. The summed E-state index contributed by atoms with van der Waals surface area (Å²) in [6.45, 7) is 5.16. The number of carbonyl (C=O) groups excluding carboxylic acids is 6. The summed E-state index contributed by atoms with van der Waals surface area (Å²) < 4.78 is 0. The number of aromatic nitrogens is 2. The second kappa shape index (κ2) is 17.4. The van der Waals surface area contributed by atoms with Gasteiger partial charge in [0.05, 0.1) is 18.8 Å². The van der Waals surface area contributed by atoms with Gasteiger partial charge in [0.1, 0.15) is 23.8 Å². The monoisotopic (exact) mass is 691 g/mol. The number of aliphatic carboxylic acids is 1. The zero-order valence-electron chi connectivity index (χ0n) is 28.5. The number of Topliss-reactive ketones (excluding diaryl/α,β-unsaturated/α-hetero) is 1. The molecule has 0 spiro atoms. The predicted octanol–water partition coefficient (Wildman–Crippen LogP) is 0.640. The average Bonchev–Trinajstić information content (AvgIpc) is 3.71. The lowest BCUT2D eigenvalue weighted by atomic mass is 9.92. The molecule has 15 heteroatoms. The highest BCUT2D eigenvalue weighted by Gasteiger charge is 2.51. The SMILES string of the molecule is CCCC(NC(=O)C1[C@H]2CCC[C@H]2CN1C(=O)[C@@H](NC(=O)CNC(=O)c1cnccn1)C(C)C)C(=O)C(=O)N[C@@H](Cc1ccccc1)C(=O)O. The number of carboxylic acid groups (broad SMARTS) is 1. The van der Waals surface area contributed by atoms with Gasteiger partial charge in [-0.2, -0.15) is 0 Å². The highest BCUT2D eigenvalue weighted by Crippen LogP contribution is 2.42. The van der Waals surface area contributed by atoms with Crippen molar-refractivity contribution in [3.63, 3.8) is 0 Å². The molecule has 268 valence electrons. The Labute approximate surface area is 290 Å². The second-order valence-electron chi connectivity index (χ2n) is 13.1. The van der Waals surface area contributed by atoms with Gasteiger partial charge in [-0.1, -0.05) is 63.9 Å². The molecule has 2 aliphatic rings. The van der Waals surface area contributed by atoms with Gasteiger partial charge in [0.2, 0.25) is 23.5 Å². The first-order valence-electron chi connectivity index (χ1n) is 17.0. The summed E-state index contributed by atoms with van der Waals surface area (Å²) in [4.78, 5) is 101. The Morgan fingerprint density at radius 1 is 0.960 bits per heavy atom. The van der Waals surface area contributed by atoms with E-state index in [0.29, 0.717) is 18.4 Å². The van der Waals surface area contributed by atoms with Crippen LogP contribution in [0.5, 0.6) is 0 Å². The van der Waals surface area contributed by atoms with E-state index < -0.39 is 72.0 Å². The lowest BCUT2D eigenvalue weighted by Gasteiger charge is -2.33. The Hall–Kier alpha value is -5.21. The van der Waals surface area contributed by atoms with E-state index in [1.54, 1.807) is 51.1 Å². The van der Waals surface area contributed by atoms with Gasteiger partial charge in [0.25, 0.3) is 11.8 Å². The molecule has 1 aliphatic heterocycles. The van der Waals surface area contributed by atoms with Crippen molar-refractivity contribution in [3.8, 4) is 0 Å². The number of nitrogens with one attached hydrogen (secondary N) is 4. The molecule has 5 N–H and O–H groups in total. The van der Waals surface area contributed by atoms with Crippen molar-refractivity contribution in [2.24, 2.45) is 17.8 Å². The van der Waals surface area contributed by atoms with Crippen LogP contribution in [-0.2, 0) is 35.2 Å². The first kappa shape index (κ1) is 37.6. The molecule has 5 amide bonds. The lowest BCUT2D eigenvalue weighted by molar-refractivity contribution is -0.146. The first-order valence-corrected chi connectivity index (χ1v) is 17.0. The third kappa shape index (κ3) is 9.48. The molecule has 2 aromatic rings. The number of rotatable bonds is 16. The molecule has 1 saturated carbocycles. The summed E-state index contributed by atoms with van der Waals surface area (Å²) in [6, 6.07) is 4.11. The maximum atomic E-state index is 14.1. The van der Waals surface area contributed by atoms with Crippen LogP contribution in [0.25, 0.3) is 0 Å². The topological polar surface area (TPSA) is 217 Å². The van der Waals surface area contributed by atoms with Crippen LogP contribution in [0, 0.1) is 17.8 Å². The Balaban J connectivity index is 1.44. The van der Waals surface area contributed by atoms with Gasteiger partial charge in [-0.25, -0.2) is 9.78 Å². The van der Waals surface area contributed by atoms with Crippen molar-refractivity contribution < 1.29 is 38.7 Å². The fraction of sp³-hybridized carbons (Fsp3) is 0.514. The highest BCUT2D eigenvalue weighted by molar-refractivity contribution is 6.38. The van der Waals surface area contributed by atoms with Crippen molar-refractivity contribution in [1.82, 2.24) is 36.1 Å². The molecule has 6 atom stereocenters. The number of ketones is 1. The van der Waals surface area contributed by atoms with Crippen LogP contribution in [0.2, 0.25) is 0 Å². The number of fused-ring (bicyclic) bond motifs is 1. The number of carboxylic acids is 1. The normalized spacial score (nSPS) is 19.8. The van der Waals surface area contributed by atoms with Crippen LogP contribution < -0.4 is 21.3 Å². The first-order chi connectivity index (χ1) is 23.9. The summed E-state index contributed by atoms with van der Waals surface area (Å²) in [6.07, 6.45) is 6.89. The third-order valence-corrected chi connectivity index (χ3v) is 9.22. The van der Waals surface area contributed by atoms with Gasteiger partial charge in [-0.05, 0) is 42.6 Å². The molecule has 1 saturated heterocycles. The minimum atomic E-state index is -1.36. The maximum absolute atomic E-state index is 14.1. The Morgan fingerprint density at radius 2 is 1.70 bits per heavy atom. The molecular formula is C35H45N7O8. The maximum Gasteiger partial charge on any atom is 0.326 e. The van der Waals surface area contributed by atoms with Gasteiger partial charge >= 0.3 is 5.97 Å². The Kier molecular flexibility index (Phi) is 13.1. The van der Waals surface area contributed by atoms with E-state index >= 15 is 0 Å². The molecule has 0 bridgehead atoms. The molecule has 50 heavy (non-hydrogen) atoms. The molecule has 1 aromatic carbocycles. The zero-order valence-corrected chi connectivity index (χ0v) is 28.5. The molecular weight excluding hydrogens is 646 g/mol. The minimum Gasteiger partial charge on any atom is -0.480 e. The smallest absolute Gasteiger partial charge is 0.326 e. The number of hydrogen-bond acceptors (Lipinski definition) is 9. The second-order valence-corrected chi connectivity index (χ2v) is 13.1. The van der Waals surface area contributed by atoms with Crippen molar-refractivity contribution in [2.75, 3.05) is 13.1 Å². The molecule has 2 unspecified atom stereocenters. The van der Waals surface area contributed by atoms with Crippen LogP contribution >= 0.6 is 0 Å². The summed E-state index contributed by atoms with van der Waals surface area (Å²) in [5, 5.41) is 19.9. The number of amides is 5. The van der Waals surface area contributed by atoms with Crippen LogP contribution in [0.15, 0.2) is 48.9 Å². The molecule has 1 aliphatic carbocycles. The molecule has 1 aromatic heterocycles. The number of likely N-dealkylation sites (tertiary alicyclic amines) is 1. The van der Waals surface area contributed by atoms with E-state index in [2.05, 4.69) is 31.2 Å². The third-order valence-electron chi connectivity index (χ3n) is 9.22. The standard InChI is InChI=1S/C35H45N7O8/c1-4-9-24(30(44)33(47)40-25(35(49)50)16-21-10-6-5-7-11-21)39-32(46)29-23-13-8-12-22(23)19-42(29)34(48)28(20(2)3)41-27(43)18-38-31(45)26-17-36-14-15-37-26/h5-7,10-11,14-15,17,20,22-25,28-29H,4,8-9,12-13,16,18-19H2,1-3H3,(H,38,45)(H,39,46)(H,40,47)(H,41,43)(H,49,50)/t22-,23-,24?,25-,28-,29?/m0/s1. The summed E-state index contributed by atoms with van der Waals surface area (Å²) in [5.41, 5.74) is 0.686. The van der Waals surface area contributed by atoms with E-state index in [1.165, 1.54) is 23.5 Å². The van der Waals surface area contributed by atoms with Gasteiger partial charge < -0.3 is 31.3 Å². The number of nitrogens with zero attached hydrogens (tertiary/aromatic N) is 3. The molecule has 2 heterocycles. The predicted molar refractivity (Wildman–Crippen MR) is 179 cm³/mol. The van der Waals surface area contributed by atoms with E-state index in [-0.39, 0.29) is 42.8 Å². The molecule has 0 radical (unpaired) electrons. The largest absolute Gasteiger partial charge is 0.480 e. The van der Waals surface area contributed by atoms with E-state index in [0.717, 1.165) is 12.8 Å². The molecule has 2 fully saturated rings. The quantitative estimate of drug-likeness (QED) is 0.155. The Bertz CT molecular complexity index is 1550. The fourth-order valence-corrected chi connectivity index (χ4v) is 6.70. The summed E-state index contributed by atoms with van der Waals surface area (Å²) in [7, 11) is 0. The van der Waals surface area contributed by atoms with Gasteiger partial charge in [0, 0.05) is 25.4 Å². The van der Waals surface area contributed by atoms with Gasteiger partial charge in [0.15, 0.2) is 0 Å². The zero-order chi connectivity index (χ0) is 36.4. The van der Waals surface area contributed by atoms with Crippen molar-refractivity contribution in [2.45, 2.75) is 83.5 Å². The van der Waals surface area contributed by atoms with E-state index in [1.807, 2.05) is 0 Å². The van der Waals surface area contributed by atoms with Crippen molar-refractivity contribution in [1.29, 1.82) is 0 Å². The minimum absolute atomic E-state index is 0.0282. The van der Waals surface area contributed by atoms with Crippen LogP contribution in [0.1, 0.15) is 68.9 Å². The van der Waals surface area contributed by atoms with Crippen LogP contribution in [0.3, 0.4) is 0 Å². The van der Waals surface area contributed by atoms with E-state index in [4.69, 9.17) is 0 Å². The van der Waals surface area contributed by atoms with Crippen LogP contribution in [0.4, 0.5) is 0 Å². The number of carbonyl (C=O) groups is 7. The van der Waals surface area contributed by atoms with Crippen LogP contribution in [-0.4, -0.2) is 98.5 Å². The fourth-order valence-electron chi connectivity index (χ4n) is 6.70. The van der Waals surface area contributed by atoms with Crippen molar-refractivity contribution >= 4 is 41.3 Å². The van der Waals surface area contributed by atoms with E-state index in [9.17, 15) is 38.7 Å².